The van der Waals surface area contributed by atoms with Gasteiger partial charge in [0.1, 0.15) is 5.60 Å². The van der Waals surface area contributed by atoms with Crippen LogP contribution in [0.2, 0.25) is 0 Å². The Balaban J connectivity index is 1.76. The van der Waals surface area contributed by atoms with E-state index < -0.39 is 29.2 Å². The molecule has 1 aliphatic rings. The van der Waals surface area contributed by atoms with Crippen molar-refractivity contribution >= 4 is 11.8 Å². The van der Waals surface area contributed by atoms with Gasteiger partial charge in [0.15, 0.2) is 0 Å². The molecule has 2 amide bonds. The zero-order chi connectivity index (χ0) is 17.8. The highest BCUT2D eigenvalue weighted by Crippen LogP contribution is 2.30. The lowest BCUT2D eigenvalue weighted by molar-refractivity contribution is -0.139. The molecule has 1 fully saturated rings. The van der Waals surface area contributed by atoms with Crippen LogP contribution in [0.5, 0.6) is 0 Å². The monoisotopic (exact) mass is 344 g/mol. The molecule has 0 radical (unpaired) electrons. The van der Waals surface area contributed by atoms with Crippen molar-refractivity contribution in [3.05, 3.63) is 35.4 Å². The Morgan fingerprint density at radius 2 is 1.58 bits per heavy atom. The molecule has 0 saturated heterocycles. The number of halogens is 3. The Kier molecular flexibility index (Phi) is 5.48. The smallest absolute Gasteiger partial charge is 0.380 e. The minimum Gasteiger partial charge on any atom is -0.380 e. The normalized spacial score (nSPS) is 16.7. The number of alkyl halides is 3. The second kappa shape index (κ2) is 7.21. The number of rotatable bonds is 5. The molecule has 1 saturated carbocycles. The number of carbonyl (C=O) groups is 2. The number of hydrogen-bond donors (Lipinski definition) is 3. The Labute approximate surface area is 137 Å². The summed E-state index contributed by atoms with van der Waals surface area (Å²) in [4.78, 5) is 23.6. The van der Waals surface area contributed by atoms with Crippen molar-refractivity contribution in [3.8, 4) is 0 Å². The Bertz CT molecular complexity index is 594. The number of nitrogens with one attached hydrogen (secondary N) is 2. The summed E-state index contributed by atoms with van der Waals surface area (Å²) < 4.78 is 37.3. The van der Waals surface area contributed by atoms with E-state index in [4.69, 9.17) is 0 Å². The number of aliphatic hydroxyl groups is 1. The second-order valence-corrected chi connectivity index (χ2v) is 5.83. The van der Waals surface area contributed by atoms with Crippen molar-refractivity contribution in [1.29, 1.82) is 0 Å². The molecule has 5 nitrogen and oxygen atoms in total. The quantitative estimate of drug-likeness (QED) is 0.714. The maximum absolute atomic E-state index is 12.4. The highest BCUT2D eigenvalue weighted by Gasteiger charge is 2.38. The van der Waals surface area contributed by atoms with Crippen molar-refractivity contribution in [2.45, 2.75) is 37.5 Å². The second-order valence-electron chi connectivity index (χ2n) is 5.83. The van der Waals surface area contributed by atoms with Crippen LogP contribution in [0.1, 0.15) is 41.6 Å². The third-order valence-corrected chi connectivity index (χ3v) is 4.02. The van der Waals surface area contributed by atoms with Crippen LogP contribution in [0.4, 0.5) is 13.2 Å². The van der Waals surface area contributed by atoms with Gasteiger partial charge in [0.05, 0.1) is 5.56 Å². The summed E-state index contributed by atoms with van der Waals surface area (Å²) in [5, 5.41) is 15.1. The van der Waals surface area contributed by atoms with Crippen molar-refractivity contribution in [2.24, 2.45) is 0 Å². The average Bonchev–Trinajstić information content (AvgIpc) is 2.98. The fourth-order valence-corrected chi connectivity index (χ4v) is 2.62. The Morgan fingerprint density at radius 1 is 1.04 bits per heavy atom. The summed E-state index contributed by atoms with van der Waals surface area (Å²) in [6.07, 6.45) is -1.99. The number of amides is 2. The lowest BCUT2D eigenvalue weighted by Gasteiger charge is -2.20. The molecular weight excluding hydrogens is 325 g/mol. The van der Waals surface area contributed by atoms with Gasteiger partial charge < -0.3 is 15.7 Å². The van der Waals surface area contributed by atoms with Crippen LogP contribution in [-0.4, -0.2) is 35.6 Å². The van der Waals surface area contributed by atoms with Gasteiger partial charge in [-0.2, -0.15) is 13.2 Å². The molecule has 0 unspecified atom stereocenters. The van der Waals surface area contributed by atoms with Gasteiger partial charge in [-0.1, -0.05) is 0 Å². The number of benzene rings is 1. The summed E-state index contributed by atoms with van der Waals surface area (Å²) in [5.74, 6) is -0.985. The van der Waals surface area contributed by atoms with Gasteiger partial charge in [-0.3, -0.25) is 9.59 Å². The molecule has 24 heavy (non-hydrogen) atoms. The van der Waals surface area contributed by atoms with E-state index in [1.54, 1.807) is 0 Å². The standard InChI is InChI=1S/C16H19F3N2O3/c17-16(18,19)12-5-3-11(4-6-12)13(22)20-9-10-21-14(23)15(24)7-1-2-8-15/h3-6,24H,1-2,7-10H2,(H,20,22)(H,21,23). The van der Waals surface area contributed by atoms with E-state index in [0.717, 1.165) is 37.1 Å². The average molecular weight is 344 g/mol. The summed E-state index contributed by atoms with van der Waals surface area (Å²) >= 11 is 0. The van der Waals surface area contributed by atoms with E-state index >= 15 is 0 Å². The fourth-order valence-electron chi connectivity index (χ4n) is 2.62. The van der Waals surface area contributed by atoms with Crippen LogP contribution in [0.25, 0.3) is 0 Å². The third-order valence-electron chi connectivity index (χ3n) is 4.02. The Morgan fingerprint density at radius 3 is 2.12 bits per heavy atom. The maximum atomic E-state index is 12.4. The van der Waals surface area contributed by atoms with Crippen LogP contribution in [0.3, 0.4) is 0 Å². The largest absolute Gasteiger partial charge is 0.416 e. The summed E-state index contributed by atoms with van der Waals surface area (Å²) in [6, 6.07) is 3.87. The highest BCUT2D eigenvalue weighted by atomic mass is 19.4. The molecular formula is C16H19F3N2O3. The number of hydrogen-bond acceptors (Lipinski definition) is 3. The molecule has 0 atom stereocenters. The first-order chi connectivity index (χ1) is 11.2. The predicted molar refractivity (Wildman–Crippen MR) is 80.2 cm³/mol. The maximum Gasteiger partial charge on any atom is 0.416 e. The zero-order valence-electron chi connectivity index (χ0n) is 12.9. The fraction of sp³-hybridized carbons (Fsp3) is 0.500. The van der Waals surface area contributed by atoms with E-state index in [9.17, 15) is 27.9 Å². The van der Waals surface area contributed by atoms with Crippen LogP contribution in [0, 0.1) is 0 Å². The van der Waals surface area contributed by atoms with E-state index in [2.05, 4.69) is 10.6 Å². The Hall–Kier alpha value is -2.09. The molecule has 132 valence electrons. The summed E-state index contributed by atoms with van der Waals surface area (Å²) in [5.41, 5.74) is -2.04. The summed E-state index contributed by atoms with van der Waals surface area (Å²) in [6.45, 7) is 0.245. The van der Waals surface area contributed by atoms with Crippen molar-refractivity contribution in [1.82, 2.24) is 10.6 Å². The first-order valence-electron chi connectivity index (χ1n) is 7.68. The first kappa shape index (κ1) is 18.3. The van der Waals surface area contributed by atoms with Crippen LogP contribution < -0.4 is 10.6 Å². The molecule has 0 heterocycles. The molecule has 8 heteroatoms. The van der Waals surface area contributed by atoms with E-state index in [-0.39, 0.29) is 18.7 Å². The van der Waals surface area contributed by atoms with Gasteiger partial charge in [-0.25, -0.2) is 0 Å². The topological polar surface area (TPSA) is 78.4 Å². The van der Waals surface area contributed by atoms with Crippen LogP contribution in [0.15, 0.2) is 24.3 Å². The van der Waals surface area contributed by atoms with Crippen LogP contribution in [-0.2, 0) is 11.0 Å². The van der Waals surface area contributed by atoms with Gasteiger partial charge in [-0.05, 0) is 49.9 Å². The van der Waals surface area contributed by atoms with E-state index in [0.29, 0.717) is 12.8 Å². The molecule has 0 aliphatic heterocycles. The van der Waals surface area contributed by atoms with Crippen LogP contribution >= 0.6 is 0 Å². The van der Waals surface area contributed by atoms with Gasteiger partial charge in [-0.15, -0.1) is 0 Å². The molecule has 3 N–H and O–H groups in total. The molecule has 1 aliphatic carbocycles. The SMILES string of the molecule is O=C(NCCNC(=O)C1(O)CCCC1)c1ccc(C(F)(F)F)cc1. The molecule has 1 aromatic carbocycles. The molecule has 0 spiro atoms. The van der Waals surface area contributed by atoms with E-state index in [1.807, 2.05) is 0 Å². The molecule has 1 aromatic rings. The van der Waals surface area contributed by atoms with Crippen molar-refractivity contribution < 1.29 is 27.9 Å². The van der Waals surface area contributed by atoms with Gasteiger partial charge in [0.25, 0.3) is 11.8 Å². The molecule has 0 aromatic heterocycles. The summed E-state index contributed by atoms with van der Waals surface area (Å²) in [7, 11) is 0. The minimum absolute atomic E-state index is 0.101. The zero-order valence-corrected chi connectivity index (χ0v) is 12.9. The lowest BCUT2D eigenvalue weighted by atomic mass is 10.0. The van der Waals surface area contributed by atoms with Gasteiger partial charge in [0.2, 0.25) is 0 Å². The van der Waals surface area contributed by atoms with Crippen molar-refractivity contribution in [2.75, 3.05) is 13.1 Å². The predicted octanol–water partition coefficient (Wildman–Crippen LogP) is 1.86. The molecule has 2 rings (SSSR count). The highest BCUT2D eigenvalue weighted by molar-refractivity contribution is 5.94. The first-order valence-corrected chi connectivity index (χ1v) is 7.68. The van der Waals surface area contributed by atoms with Gasteiger partial charge >= 0.3 is 6.18 Å². The van der Waals surface area contributed by atoms with Gasteiger partial charge in [0, 0.05) is 18.7 Å². The third kappa shape index (κ3) is 4.47. The lowest BCUT2D eigenvalue weighted by Crippen LogP contribution is -2.46. The number of carbonyl (C=O) groups excluding carboxylic acids is 2. The van der Waals surface area contributed by atoms with Crippen molar-refractivity contribution in [3.63, 3.8) is 0 Å². The van der Waals surface area contributed by atoms with E-state index in [1.165, 1.54) is 0 Å². The molecule has 0 bridgehead atoms. The minimum atomic E-state index is -4.44.